The van der Waals surface area contributed by atoms with Crippen molar-refractivity contribution in [2.75, 3.05) is 13.2 Å². The molecule has 10 heteroatoms. The van der Waals surface area contributed by atoms with Crippen molar-refractivity contribution in [2.24, 2.45) is 0 Å². The fourth-order valence-electron chi connectivity index (χ4n) is 2.99. The summed E-state index contributed by atoms with van der Waals surface area (Å²) in [6, 6.07) is 11.7. The molecule has 2 aromatic carbocycles. The molecule has 3 aromatic rings. The number of thiazole rings is 1. The number of benzene rings is 2. The highest BCUT2D eigenvalue weighted by Gasteiger charge is 2.30. The molecule has 1 aromatic heterocycles. The van der Waals surface area contributed by atoms with Crippen molar-refractivity contribution in [3.05, 3.63) is 79.8 Å². The van der Waals surface area contributed by atoms with E-state index in [0.29, 0.717) is 17.0 Å². The highest BCUT2D eigenvalue weighted by molar-refractivity contribution is 7.09. The minimum atomic E-state index is -4.46. The zero-order valence-corrected chi connectivity index (χ0v) is 18.0. The molecule has 6 nitrogen and oxygen atoms in total. The van der Waals surface area contributed by atoms with Crippen LogP contribution in [-0.2, 0) is 12.6 Å². The van der Waals surface area contributed by atoms with Crippen molar-refractivity contribution in [3.8, 4) is 11.6 Å². The Morgan fingerprint density at radius 3 is 2.53 bits per heavy atom. The number of aliphatic hydroxyl groups excluding tert-OH is 1. The van der Waals surface area contributed by atoms with Crippen LogP contribution in [0.3, 0.4) is 0 Å². The monoisotopic (exact) mass is 468 g/mol. The molecule has 0 fully saturated rings. The molecule has 2 unspecified atom stereocenters. The van der Waals surface area contributed by atoms with Gasteiger partial charge in [-0.15, -0.1) is 0 Å². The summed E-state index contributed by atoms with van der Waals surface area (Å²) in [6.07, 6.45) is -5.12. The van der Waals surface area contributed by atoms with Gasteiger partial charge in [-0.1, -0.05) is 35.6 Å². The molecular weight excluding hydrogens is 445 g/mol. The normalized spacial score (nSPS) is 13.7. The summed E-state index contributed by atoms with van der Waals surface area (Å²) in [5, 5.41) is 22.9. The number of hydrogen-bond acceptors (Lipinski definition) is 6. The second-order valence-electron chi connectivity index (χ2n) is 7.37. The third-order valence-electron chi connectivity index (χ3n) is 4.75. The van der Waals surface area contributed by atoms with E-state index in [1.54, 1.807) is 12.1 Å². The smallest absolute Gasteiger partial charge is 0.416 e. The van der Waals surface area contributed by atoms with Crippen LogP contribution in [0.5, 0.6) is 11.6 Å². The first-order chi connectivity index (χ1) is 15.1. The van der Waals surface area contributed by atoms with Crippen molar-refractivity contribution in [3.63, 3.8) is 0 Å². The molecule has 172 valence electrons. The number of nitrogens with one attached hydrogen (secondary N) is 2. The van der Waals surface area contributed by atoms with Gasteiger partial charge in [0.1, 0.15) is 12.4 Å². The summed E-state index contributed by atoms with van der Waals surface area (Å²) < 4.78 is 44.2. The van der Waals surface area contributed by atoms with E-state index in [-0.39, 0.29) is 35.5 Å². The van der Waals surface area contributed by atoms with Crippen molar-refractivity contribution in [1.29, 1.82) is 0 Å². The molecule has 32 heavy (non-hydrogen) atoms. The molecule has 0 radical (unpaired) electrons. The van der Waals surface area contributed by atoms with Crippen LogP contribution in [0.15, 0.2) is 53.3 Å². The number of alkyl halides is 3. The van der Waals surface area contributed by atoms with Crippen LogP contribution in [0.1, 0.15) is 34.6 Å². The zero-order chi connectivity index (χ0) is 23.3. The van der Waals surface area contributed by atoms with Gasteiger partial charge in [0, 0.05) is 19.0 Å². The van der Waals surface area contributed by atoms with E-state index >= 15 is 0 Å². The maximum Gasteiger partial charge on any atom is 0.416 e. The Morgan fingerprint density at radius 2 is 1.91 bits per heavy atom. The summed E-state index contributed by atoms with van der Waals surface area (Å²) in [7, 11) is 0. The van der Waals surface area contributed by atoms with Gasteiger partial charge >= 0.3 is 11.0 Å². The second-order valence-corrected chi connectivity index (χ2v) is 8.43. The second kappa shape index (κ2) is 10.2. The summed E-state index contributed by atoms with van der Waals surface area (Å²) in [5.74, 6) is 0.500. The zero-order valence-electron chi connectivity index (χ0n) is 17.1. The maximum absolute atomic E-state index is 12.8. The maximum atomic E-state index is 12.8. The van der Waals surface area contributed by atoms with Gasteiger partial charge < -0.3 is 20.3 Å². The average molecular weight is 468 g/mol. The molecule has 2 atom stereocenters. The lowest BCUT2D eigenvalue weighted by Gasteiger charge is -2.19. The number of H-pyrrole nitrogens is 1. The third kappa shape index (κ3) is 6.59. The van der Waals surface area contributed by atoms with E-state index in [1.165, 1.54) is 12.1 Å². The Kier molecular flexibility index (Phi) is 7.60. The molecule has 0 bridgehead atoms. The Morgan fingerprint density at radius 1 is 1.19 bits per heavy atom. The number of aliphatic hydroxyl groups is 1. The number of rotatable bonds is 9. The van der Waals surface area contributed by atoms with Gasteiger partial charge in [0.2, 0.25) is 5.88 Å². The highest BCUT2D eigenvalue weighted by atomic mass is 32.1. The molecule has 0 aliphatic rings. The number of aromatic nitrogens is 1. The molecular formula is C22H23F3N2O4S. The van der Waals surface area contributed by atoms with Gasteiger partial charge in [0.15, 0.2) is 0 Å². The van der Waals surface area contributed by atoms with Crippen LogP contribution < -0.4 is 14.9 Å². The lowest BCUT2D eigenvalue weighted by Crippen LogP contribution is -2.35. The van der Waals surface area contributed by atoms with Crippen LogP contribution >= 0.6 is 11.3 Å². The van der Waals surface area contributed by atoms with Crippen LogP contribution in [0.2, 0.25) is 0 Å². The van der Waals surface area contributed by atoms with E-state index in [9.17, 15) is 28.2 Å². The molecule has 4 N–H and O–H groups in total. The lowest BCUT2D eigenvalue weighted by atomic mass is 10.1. The minimum absolute atomic E-state index is 0.0772. The van der Waals surface area contributed by atoms with Crippen LogP contribution in [0.4, 0.5) is 13.2 Å². The topological polar surface area (TPSA) is 94.6 Å². The Bertz CT molecular complexity index is 1080. The van der Waals surface area contributed by atoms with Gasteiger partial charge in [-0.2, -0.15) is 13.2 Å². The van der Waals surface area contributed by atoms with Crippen molar-refractivity contribution < 1.29 is 28.1 Å². The Hall–Kier alpha value is -2.82. The summed E-state index contributed by atoms with van der Waals surface area (Å²) >= 11 is 0.959. The predicted octanol–water partition coefficient (Wildman–Crippen LogP) is 3.84. The van der Waals surface area contributed by atoms with Gasteiger partial charge in [0.05, 0.1) is 16.5 Å². The van der Waals surface area contributed by atoms with Crippen molar-refractivity contribution in [2.45, 2.75) is 31.7 Å². The third-order valence-corrected chi connectivity index (χ3v) is 5.62. The molecule has 0 saturated carbocycles. The minimum Gasteiger partial charge on any atom is -0.494 e. The predicted molar refractivity (Wildman–Crippen MR) is 115 cm³/mol. The number of hydrogen-bond donors (Lipinski definition) is 4. The summed E-state index contributed by atoms with van der Waals surface area (Å²) in [4.78, 5) is 13.8. The van der Waals surface area contributed by atoms with Gasteiger partial charge in [-0.3, -0.25) is 9.78 Å². The molecule has 0 aliphatic carbocycles. The average Bonchev–Trinajstić information content (AvgIpc) is 3.07. The fourth-order valence-corrected chi connectivity index (χ4v) is 3.75. The van der Waals surface area contributed by atoms with Crippen LogP contribution in [0.25, 0.3) is 0 Å². The Labute approximate surface area is 186 Å². The van der Waals surface area contributed by atoms with Crippen molar-refractivity contribution >= 4 is 11.3 Å². The number of ether oxygens (including phenoxy) is 1. The lowest BCUT2D eigenvalue weighted by molar-refractivity contribution is -0.137. The van der Waals surface area contributed by atoms with Crippen molar-refractivity contribution in [1.82, 2.24) is 10.3 Å². The molecule has 3 rings (SSSR count). The largest absolute Gasteiger partial charge is 0.494 e. The number of halogens is 3. The fraction of sp³-hybridized carbons (Fsp3) is 0.318. The first-order valence-corrected chi connectivity index (χ1v) is 10.6. The first-order valence-electron chi connectivity index (χ1n) is 9.83. The quantitative estimate of drug-likeness (QED) is 0.383. The van der Waals surface area contributed by atoms with E-state index in [0.717, 1.165) is 29.0 Å². The summed E-state index contributed by atoms with van der Waals surface area (Å²) in [5.41, 5.74) is 0.294. The summed E-state index contributed by atoms with van der Waals surface area (Å²) in [6.45, 7) is 2.20. The molecule has 0 amide bonds. The van der Waals surface area contributed by atoms with Gasteiger partial charge in [0.25, 0.3) is 0 Å². The van der Waals surface area contributed by atoms with Gasteiger partial charge in [-0.05, 0) is 42.3 Å². The van der Waals surface area contributed by atoms with E-state index in [4.69, 9.17) is 4.74 Å². The molecule has 0 spiro atoms. The molecule has 1 heterocycles. The van der Waals surface area contributed by atoms with Crippen LogP contribution in [-0.4, -0.2) is 34.4 Å². The standard InChI is InChI=1S/C22H23F3N2O4S/c1-13(26-11-18(28)15-3-2-4-16(10-15)22(23,24)25)12-31-17-7-5-14(6-8-17)9-19-20(29)27-21(30)32-19/h2-8,10,13,18,26,28-29H,9,11-12H2,1H3,(H,27,30). The van der Waals surface area contributed by atoms with Gasteiger partial charge in [-0.25, -0.2) is 0 Å². The molecule has 0 aliphatic heterocycles. The first kappa shape index (κ1) is 23.8. The number of aromatic amines is 1. The van der Waals surface area contributed by atoms with E-state index < -0.39 is 17.8 Å². The Balaban J connectivity index is 1.46. The van der Waals surface area contributed by atoms with E-state index in [2.05, 4.69) is 10.3 Å². The SMILES string of the molecule is CC(COc1ccc(Cc2sc(=O)[nH]c2O)cc1)NCC(O)c1cccc(C(F)(F)F)c1. The van der Waals surface area contributed by atoms with Crippen LogP contribution in [0, 0.1) is 0 Å². The highest BCUT2D eigenvalue weighted by Crippen LogP contribution is 2.30. The number of aromatic hydroxyl groups is 1. The molecule has 0 saturated heterocycles. The van der Waals surface area contributed by atoms with E-state index in [1.807, 2.05) is 19.1 Å².